The number of rotatable bonds is 1. The highest BCUT2D eigenvalue weighted by Crippen LogP contribution is 2.42. The Balaban J connectivity index is 2.36. The second-order valence-electron chi connectivity index (χ2n) is 4.72. The van der Waals surface area contributed by atoms with Crippen LogP contribution in [0.4, 0.5) is 0 Å². The Kier molecular flexibility index (Phi) is 1.53. The Labute approximate surface area is 73.4 Å². The average molecular weight is 164 g/mol. The van der Waals surface area contributed by atoms with Gasteiger partial charge < -0.3 is 0 Å². The van der Waals surface area contributed by atoms with Crippen LogP contribution in [-0.4, -0.2) is 10.2 Å². The normalized spacial score (nSPS) is 18.2. The van der Waals surface area contributed by atoms with Crippen LogP contribution in [-0.2, 0) is 5.41 Å². The van der Waals surface area contributed by atoms with Crippen LogP contribution >= 0.6 is 0 Å². The first-order chi connectivity index (χ1) is 5.59. The van der Waals surface area contributed by atoms with E-state index >= 15 is 0 Å². The standard InChI is InChI=1S/C10H16N2/c1-10(2,3)8-6-11-12-9(8)7-4-5-7/h6-7H,4-5H2,1-3H3,(H,11,12). The predicted molar refractivity (Wildman–Crippen MR) is 49.3 cm³/mol. The molecule has 0 amide bonds. The van der Waals surface area contributed by atoms with Crippen LogP contribution in [0.25, 0.3) is 0 Å². The fourth-order valence-corrected chi connectivity index (χ4v) is 1.58. The molecule has 0 aliphatic heterocycles. The largest absolute Gasteiger partial charge is 0.282 e. The number of aromatic amines is 1. The van der Waals surface area contributed by atoms with Gasteiger partial charge in [0.1, 0.15) is 0 Å². The minimum atomic E-state index is 0.241. The van der Waals surface area contributed by atoms with Gasteiger partial charge in [-0.05, 0) is 23.8 Å². The van der Waals surface area contributed by atoms with Crippen molar-refractivity contribution in [3.8, 4) is 0 Å². The second-order valence-corrected chi connectivity index (χ2v) is 4.72. The van der Waals surface area contributed by atoms with Crippen molar-refractivity contribution in [3.63, 3.8) is 0 Å². The molecule has 0 radical (unpaired) electrons. The smallest absolute Gasteiger partial charge is 0.0527 e. The maximum atomic E-state index is 4.12. The number of nitrogens with zero attached hydrogens (tertiary/aromatic N) is 1. The van der Waals surface area contributed by atoms with Gasteiger partial charge >= 0.3 is 0 Å². The molecule has 12 heavy (non-hydrogen) atoms. The monoisotopic (exact) mass is 164 g/mol. The number of nitrogens with one attached hydrogen (secondary N) is 1. The topological polar surface area (TPSA) is 28.7 Å². The molecule has 1 heterocycles. The van der Waals surface area contributed by atoms with Crippen molar-refractivity contribution in [3.05, 3.63) is 17.5 Å². The average Bonchev–Trinajstić information content (AvgIpc) is 2.65. The predicted octanol–water partition coefficient (Wildman–Crippen LogP) is 2.58. The van der Waals surface area contributed by atoms with Crippen LogP contribution < -0.4 is 0 Å². The van der Waals surface area contributed by atoms with Gasteiger partial charge in [0.05, 0.1) is 6.20 Å². The van der Waals surface area contributed by atoms with Crippen LogP contribution in [0.1, 0.15) is 50.8 Å². The first-order valence-corrected chi connectivity index (χ1v) is 4.63. The van der Waals surface area contributed by atoms with E-state index in [1.807, 2.05) is 6.20 Å². The molecule has 1 saturated carbocycles. The zero-order valence-corrected chi connectivity index (χ0v) is 8.02. The van der Waals surface area contributed by atoms with Crippen LogP contribution in [0.3, 0.4) is 0 Å². The molecule has 0 saturated heterocycles. The van der Waals surface area contributed by atoms with Gasteiger partial charge in [-0.15, -0.1) is 0 Å². The highest BCUT2D eigenvalue weighted by molar-refractivity contribution is 5.30. The molecule has 2 nitrogen and oxygen atoms in total. The van der Waals surface area contributed by atoms with Crippen molar-refractivity contribution in [1.82, 2.24) is 10.2 Å². The number of H-pyrrole nitrogens is 1. The molecule has 0 aromatic carbocycles. The summed E-state index contributed by atoms with van der Waals surface area (Å²) in [6.07, 6.45) is 4.66. The van der Waals surface area contributed by atoms with Crippen molar-refractivity contribution in [2.45, 2.75) is 44.9 Å². The summed E-state index contributed by atoms with van der Waals surface area (Å²) in [4.78, 5) is 0. The SMILES string of the molecule is CC(C)(C)c1cn[nH]c1C1CC1. The molecule has 1 N–H and O–H groups in total. The summed E-state index contributed by atoms with van der Waals surface area (Å²) in [5.74, 6) is 0.779. The van der Waals surface area contributed by atoms with Crippen molar-refractivity contribution < 1.29 is 0 Å². The maximum Gasteiger partial charge on any atom is 0.0527 e. The molecular formula is C10H16N2. The fourth-order valence-electron chi connectivity index (χ4n) is 1.58. The lowest BCUT2D eigenvalue weighted by Crippen LogP contribution is -2.12. The van der Waals surface area contributed by atoms with Gasteiger partial charge in [-0.25, -0.2) is 0 Å². The van der Waals surface area contributed by atoms with Crippen molar-refractivity contribution in [2.75, 3.05) is 0 Å². The lowest BCUT2D eigenvalue weighted by atomic mass is 9.86. The Morgan fingerprint density at radius 3 is 2.58 bits per heavy atom. The van der Waals surface area contributed by atoms with E-state index in [4.69, 9.17) is 0 Å². The van der Waals surface area contributed by atoms with Crippen molar-refractivity contribution >= 4 is 0 Å². The Hall–Kier alpha value is -0.790. The molecule has 1 aliphatic rings. The first kappa shape index (κ1) is 7.84. The molecule has 1 fully saturated rings. The summed E-state index contributed by atoms with van der Waals surface area (Å²) >= 11 is 0. The van der Waals surface area contributed by atoms with Gasteiger partial charge in [-0.1, -0.05) is 20.8 Å². The summed E-state index contributed by atoms with van der Waals surface area (Å²) in [7, 11) is 0. The Morgan fingerprint density at radius 2 is 2.08 bits per heavy atom. The van der Waals surface area contributed by atoms with Gasteiger partial charge in [0.2, 0.25) is 0 Å². The zero-order valence-electron chi connectivity index (χ0n) is 8.02. The number of hydrogen-bond donors (Lipinski definition) is 1. The van der Waals surface area contributed by atoms with Gasteiger partial charge in [-0.3, -0.25) is 5.10 Å². The van der Waals surface area contributed by atoms with E-state index < -0.39 is 0 Å². The summed E-state index contributed by atoms with van der Waals surface area (Å²) in [6.45, 7) is 6.72. The molecule has 1 aromatic rings. The number of aromatic nitrogens is 2. The van der Waals surface area contributed by atoms with E-state index in [-0.39, 0.29) is 5.41 Å². The van der Waals surface area contributed by atoms with Crippen LogP contribution in [0.5, 0.6) is 0 Å². The quantitative estimate of drug-likeness (QED) is 0.679. The summed E-state index contributed by atoms with van der Waals surface area (Å²) in [5.41, 5.74) is 3.01. The van der Waals surface area contributed by atoms with E-state index in [0.29, 0.717) is 0 Å². The highest BCUT2D eigenvalue weighted by Gasteiger charge is 2.31. The molecule has 66 valence electrons. The van der Waals surface area contributed by atoms with E-state index in [1.54, 1.807) is 0 Å². The van der Waals surface area contributed by atoms with Crippen LogP contribution in [0.15, 0.2) is 6.20 Å². The molecule has 0 unspecified atom stereocenters. The number of hydrogen-bond acceptors (Lipinski definition) is 1. The first-order valence-electron chi connectivity index (χ1n) is 4.63. The van der Waals surface area contributed by atoms with Crippen LogP contribution in [0.2, 0.25) is 0 Å². The lowest BCUT2D eigenvalue weighted by Gasteiger charge is -2.18. The molecule has 2 rings (SSSR count). The van der Waals surface area contributed by atoms with Gasteiger partial charge in [0.15, 0.2) is 0 Å². The van der Waals surface area contributed by atoms with Gasteiger partial charge in [-0.2, -0.15) is 5.10 Å². The highest BCUT2D eigenvalue weighted by atomic mass is 15.1. The maximum absolute atomic E-state index is 4.12. The molecular weight excluding hydrogens is 148 g/mol. The third-order valence-corrected chi connectivity index (χ3v) is 2.46. The molecule has 1 aromatic heterocycles. The lowest BCUT2D eigenvalue weighted by molar-refractivity contribution is 0.583. The van der Waals surface area contributed by atoms with E-state index in [2.05, 4.69) is 31.0 Å². The van der Waals surface area contributed by atoms with E-state index in [0.717, 1.165) is 5.92 Å². The molecule has 2 heteroatoms. The molecule has 0 atom stereocenters. The summed E-state index contributed by atoms with van der Waals surface area (Å²) in [5, 5.41) is 7.25. The van der Waals surface area contributed by atoms with Crippen LogP contribution in [0, 0.1) is 0 Å². The van der Waals surface area contributed by atoms with Crippen molar-refractivity contribution in [1.29, 1.82) is 0 Å². The van der Waals surface area contributed by atoms with Gasteiger partial charge in [0.25, 0.3) is 0 Å². The minimum absolute atomic E-state index is 0.241. The van der Waals surface area contributed by atoms with Crippen molar-refractivity contribution in [2.24, 2.45) is 0 Å². The van der Waals surface area contributed by atoms with E-state index in [9.17, 15) is 0 Å². The summed E-state index contributed by atoms with van der Waals surface area (Å²) in [6, 6.07) is 0. The fraction of sp³-hybridized carbons (Fsp3) is 0.700. The Morgan fingerprint density at radius 1 is 1.42 bits per heavy atom. The third-order valence-electron chi connectivity index (χ3n) is 2.46. The minimum Gasteiger partial charge on any atom is -0.282 e. The summed E-state index contributed by atoms with van der Waals surface area (Å²) < 4.78 is 0. The molecule has 1 aliphatic carbocycles. The third kappa shape index (κ3) is 1.26. The zero-order chi connectivity index (χ0) is 8.77. The molecule has 0 spiro atoms. The second kappa shape index (κ2) is 2.35. The molecule has 0 bridgehead atoms. The Bertz CT molecular complexity index is 276. The van der Waals surface area contributed by atoms with E-state index in [1.165, 1.54) is 24.1 Å². The van der Waals surface area contributed by atoms with Gasteiger partial charge in [0, 0.05) is 11.6 Å².